The fourth-order valence-corrected chi connectivity index (χ4v) is 3.33. The van der Waals surface area contributed by atoms with Gasteiger partial charge < -0.3 is 9.42 Å². The zero-order valence-electron chi connectivity index (χ0n) is 14.3. The molecule has 2 aromatic heterocycles. The van der Waals surface area contributed by atoms with Crippen LogP contribution < -0.4 is 0 Å². The van der Waals surface area contributed by atoms with Gasteiger partial charge in [0.1, 0.15) is 5.84 Å². The van der Waals surface area contributed by atoms with Crippen LogP contribution >= 0.6 is 22.9 Å². The van der Waals surface area contributed by atoms with Gasteiger partial charge in [-0.15, -0.1) is 11.3 Å². The summed E-state index contributed by atoms with van der Waals surface area (Å²) < 4.78 is 5.84. The summed E-state index contributed by atoms with van der Waals surface area (Å²) in [6, 6.07) is 10.8. The van der Waals surface area contributed by atoms with E-state index in [-0.39, 0.29) is 12.2 Å². The van der Waals surface area contributed by atoms with Crippen molar-refractivity contribution in [1.82, 2.24) is 15.0 Å². The van der Waals surface area contributed by atoms with Gasteiger partial charge in [-0.3, -0.25) is 10.2 Å². The third kappa shape index (κ3) is 4.17. The molecule has 26 heavy (non-hydrogen) atoms. The third-order valence-corrected chi connectivity index (χ3v) is 5.02. The number of aryl methyl sites for hydroxylation is 1. The van der Waals surface area contributed by atoms with E-state index >= 15 is 0 Å². The van der Waals surface area contributed by atoms with Gasteiger partial charge in [-0.05, 0) is 12.1 Å². The molecule has 0 aliphatic heterocycles. The summed E-state index contributed by atoms with van der Waals surface area (Å²) in [5, 5.41) is 11.9. The molecule has 1 aromatic carbocycles. The van der Waals surface area contributed by atoms with E-state index < -0.39 is 0 Å². The summed E-state index contributed by atoms with van der Waals surface area (Å²) in [5.41, 5.74) is 1.61. The summed E-state index contributed by atoms with van der Waals surface area (Å²) in [4.78, 5) is 18.8. The maximum Gasteiger partial charge on any atom is 0.227 e. The van der Waals surface area contributed by atoms with Gasteiger partial charge in [-0.1, -0.05) is 41.0 Å². The summed E-state index contributed by atoms with van der Waals surface area (Å²) >= 11 is 7.12. The lowest BCUT2D eigenvalue weighted by Crippen LogP contribution is -2.21. The summed E-state index contributed by atoms with van der Waals surface area (Å²) in [6.45, 7) is 0. The van der Waals surface area contributed by atoms with Crippen molar-refractivity contribution in [2.75, 3.05) is 14.1 Å². The summed E-state index contributed by atoms with van der Waals surface area (Å²) in [5.74, 6) is 1.32. The highest BCUT2D eigenvalue weighted by atomic mass is 35.5. The molecule has 0 amide bonds. The second-order valence-electron chi connectivity index (χ2n) is 5.86. The molecule has 0 atom stereocenters. The number of nitrogens with one attached hydrogen (secondary N) is 1. The number of rotatable bonds is 6. The lowest BCUT2D eigenvalue weighted by atomic mass is 10.1. The molecule has 1 N–H and O–H groups in total. The van der Waals surface area contributed by atoms with Gasteiger partial charge in [0.25, 0.3) is 0 Å². The molecule has 0 fully saturated rings. The quantitative estimate of drug-likeness (QED) is 0.389. The molecule has 3 rings (SSSR count). The molecule has 0 radical (unpaired) electrons. The number of halogens is 1. The average molecular weight is 389 g/mol. The molecule has 0 aliphatic carbocycles. The molecule has 0 saturated heterocycles. The van der Waals surface area contributed by atoms with Crippen molar-refractivity contribution in [3.8, 4) is 11.4 Å². The Bertz CT molecular complexity index is 931. The number of aromatic nitrogens is 2. The van der Waals surface area contributed by atoms with E-state index in [9.17, 15) is 4.79 Å². The smallest absolute Gasteiger partial charge is 0.227 e. The first-order valence-electron chi connectivity index (χ1n) is 7.92. The minimum Gasteiger partial charge on any atom is -0.363 e. The summed E-state index contributed by atoms with van der Waals surface area (Å²) in [7, 11) is 3.65. The molecule has 0 bridgehead atoms. The van der Waals surface area contributed by atoms with Crippen LogP contribution in [-0.4, -0.2) is 40.8 Å². The number of thiophene rings is 1. The number of Topliss-reactive ketones (excluding diaryl/α,β-unsaturated/α-hetero) is 1. The maximum atomic E-state index is 12.1. The number of ketones is 1. The molecular weight excluding hydrogens is 372 g/mol. The maximum absolute atomic E-state index is 12.1. The Morgan fingerprint density at radius 3 is 2.58 bits per heavy atom. The standard InChI is InChI=1S/C18H17ClN4O2S/c1-23(2)17(20)11-3-5-12(6-4-11)18-21-16(25-22-18)10-7-13(24)14-8-9-15(19)26-14/h3-6,8-9,20H,7,10H2,1-2H3. The minimum absolute atomic E-state index is 0.00759. The lowest BCUT2D eigenvalue weighted by molar-refractivity contribution is 0.0983. The van der Waals surface area contributed by atoms with E-state index in [0.717, 1.165) is 11.1 Å². The third-order valence-electron chi connectivity index (χ3n) is 3.75. The molecule has 134 valence electrons. The Balaban J connectivity index is 1.64. The van der Waals surface area contributed by atoms with Crippen molar-refractivity contribution < 1.29 is 9.32 Å². The number of hydrogen-bond donors (Lipinski definition) is 1. The number of benzene rings is 1. The zero-order valence-corrected chi connectivity index (χ0v) is 15.9. The number of carbonyl (C=O) groups is 1. The number of hydrogen-bond acceptors (Lipinski definition) is 6. The molecule has 0 aliphatic rings. The van der Waals surface area contributed by atoms with Gasteiger partial charge in [0.2, 0.25) is 11.7 Å². The predicted molar refractivity (Wildman–Crippen MR) is 102 cm³/mol. The molecular formula is C18H17ClN4O2S. The Labute approximate surface area is 159 Å². The highest BCUT2D eigenvalue weighted by Gasteiger charge is 2.14. The van der Waals surface area contributed by atoms with Gasteiger partial charge in [-0.25, -0.2) is 0 Å². The van der Waals surface area contributed by atoms with Crippen molar-refractivity contribution in [3.05, 3.63) is 57.1 Å². The lowest BCUT2D eigenvalue weighted by Gasteiger charge is -2.13. The van der Waals surface area contributed by atoms with E-state index in [1.165, 1.54) is 11.3 Å². The van der Waals surface area contributed by atoms with Gasteiger partial charge in [0, 0.05) is 38.1 Å². The molecule has 3 aromatic rings. The van der Waals surface area contributed by atoms with Crippen LogP contribution in [-0.2, 0) is 6.42 Å². The number of carbonyl (C=O) groups excluding carboxylic acids is 1. The second-order valence-corrected chi connectivity index (χ2v) is 7.57. The van der Waals surface area contributed by atoms with Crippen LogP contribution in [0.3, 0.4) is 0 Å². The van der Waals surface area contributed by atoms with Crippen LogP contribution in [0.4, 0.5) is 0 Å². The van der Waals surface area contributed by atoms with E-state index in [0.29, 0.717) is 33.2 Å². The highest BCUT2D eigenvalue weighted by molar-refractivity contribution is 7.18. The van der Waals surface area contributed by atoms with Crippen molar-refractivity contribution in [3.63, 3.8) is 0 Å². The van der Waals surface area contributed by atoms with Crippen LogP contribution in [0.5, 0.6) is 0 Å². The molecule has 0 spiro atoms. The predicted octanol–water partition coefficient (Wildman–Crippen LogP) is 4.15. The van der Waals surface area contributed by atoms with Crippen molar-refractivity contribution in [2.24, 2.45) is 0 Å². The van der Waals surface area contributed by atoms with Gasteiger partial charge in [-0.2, -0.15) is 4.98 Å². The van der Waals surface area contributed by atoms with Crippen LogP contribution in [0, 0.1) is 5.41 Å². The van der Waals surface area contributed by atoms with E-state index in [1.807, 2.05) is 38.4 Å². The SMILES string of the molecule is CN(C)C(=N)c1ccc(-c2noc(CCC(=O)c3ccc(Cl)s3)n2)cc1. The minimum atomic E-state index is 0.00759. The molecule has 0 unspecified atom stereocenters. The molecule has 2 heterocycles. The Kier molecular flexibility index (Phi) is 5.49. The zero-order chi connectivity index (χ0) is 18.7. The topological polar surface area (TPSA) is 83.1 Å². The van der Waals surface area contributed by atoms with Crippen LogP contribution in [0.2, 0.25) is 4.34 Å². The second kappa shape index (κ2) is 7.80. The Hall–Kier alpha value is -2.51. The first kappa shape index (κ1) is 18.3. The monoisotopic (exact) mass is 388 g/mol. The van der Waals surface area contributed by atoms with Gasteiger partial charge >= 0.3 is 0 Å². The Morgan fingerprint density at radius 1 is 1.23 bits per heavy atom. The fraction of sp³-hybridized carbons (Fsp3) is 0.222. The van der Waals surface area contributed by atoms with Crippen LogP contribution in [0.25, 0.3) is 11.4 Å². The molecule has 6 nitrogen and oxygen atoms in total. The van der Waals surface area contributed by atoms with E-state index in [2.05, 4.69) is 10.1 Å². The van der Waals surface area contributed by atoms with Crippen molar-refractivity contribution in [1.29, 1.82) is 5.41 Å². The van der Waals surface area contributed by atoms with Gasteiger partial charge in [0.05, 0.1) is 9.21 Å². The number of amidine groups is 1. The Morgan fingerprint density at radius 2 is 1.96 bits per heavy atom. The average Bonchev–Trinajstić information content (AvgIpc) is 3.28. The van der Waals surface area contributed by atoms with Crippen LogP contribution in [0.15, 0.2) is 40.9 Å². The largest absolute Gasteiger partial charge is 0.363 e. The number of nitrogens with zero attached hydrogens (tertiary/aromatic N) is 3. The van der Waals surface area contributed by atoms with Crippen LogP contribution in [0.1, 0.15) is 27.5 Å². The first-order chi connectivity index (χ1) is 12.4. The van der Waals surface area contributed by atoms with E-state index in [4.69, 9.17) is 21.5 Å². The highest BCUT2D eigenvalue weighted by Crippen LogP contribution is 2.23. The first-order valence-corrected chi connectivity index (χ1v) is 9.11. The van der Waals surface area contributed by atoms with Crippen molar-refractivity contribution >= 4 is 34.6 Å². The van der Waals surface area contributed by atoms with Gasteiger partial charge in [0.15, 0.2) is 5.78 Å². The van der Waals surface area contributed by atoms with E-state index in [1.54, 1.807) is 17.0 Å². The molecule has 8 heteroatoms. The summed E-state index contributed by atoms with van der Waals surface area (Å²) in [6.07, 6.45) is 0.669. The van der Waals surface area contributed by atoms with Crippen molar-refractivity contribution in [2.45, 2.75) is 12.8 Å². The normalized spacial score (nSPS) is 10.7. The molecule has 0 saturated carbocycles. The fourth-order valence-electron chi connectivity index (χ4n) is 2.32.